The van der Waals surface area contributed by atoms with Crippen LogP contribution in [-0.2, 0) is 0 Å². The van der Waals surface area contributed by atoms with E-state index in [2.05, 4.69) is 154 Å². The zero-order valence-corrected chi connectivity index (χ0v) is 28.5. The molecular formula is C46H35N3O. The van der Waals surface area contributed by atoms with Crippen molar-refractivity contribution < 1.29 is 4.42 Å². The fourth-order valence-corrected chi connectivity index (χ4v) is 7.72. The number of para-hydroxylation sites is 3. The number of furan rings is 1. The zero-order valence-electron chi connectivity index (χ0n) is 28.5. The van der Waals surface area contributed by atoms with Crippen LogP contribution in [0.1, 0.15) is 56.2 Å². The van der Waals surface area contributed by atoms with E-state index in [1.807, 2.05) is 12.1 Å². The number of nitrogens with zero attached hydrogens (tertiary/aromatic N) is 3. The third kappa shape index (κ3) is 4.55. The van der Waals surface area contributed by atoms with Gasteiger partial charge in [-0.2, -0.15) is 5.26 Å². The molecule has 0 atom stereocenters. The quantitative estimate of drug-likeness (QED) is 0.175. The Morgan fingerprint density at radius 3 is 2.12 bits per heavy atom. The largest absolute Gasteiger partial charge is 0.455 e. The van der Waals surface area contributed by atoms with Crippen molar-refractivity contribution in [2.75, 3.05) is 0 Å². The Morgan fingerprint density at radius 2 is 1.36 bits per heavy atom. The third-order valence-electron chi connectivity index (χ3n) is 10.1. The highest BCUT2D eigenvalue weighted by Crippen LogP contribution is 2.43. The van der Waals surface area contributed by atoms with Gasteiger partial charge < -0.3 is 4.42 Å². The maximum absolute atomic E-state index is 9.96. The molecule has 0 radical (unpaired) electrons. The van der Waals surface area contributed by atoms with Gasteiger partial charge in [-0.05, 0) is 98.8 Å². The topological polar surface area (TPSA) is 54.8 Å². The first-order valence-electron chi connectivity index (χ1n) is 17.3. The van der Waals surface area contributed by atoms with E-state index < -0.39 is 0 Å². The highest BCUT2D eigenvalue weighted by Gasteiger charge is 2.25. The number of rotatable bonds is 5. The second-order valence-corrected chi connectivity index (χ2v) is 13.9. The molecule has 2 aromatic heterocycles. The molecule has 0 aliphatic rings. The summed E-state index contributed by atoms with van der Waals surface area (Å²) in [6, 6.07) is 47.0. The average Bonchev–Trinajstić information content (AvgIpc) is 3.71. The van der Waals surface area contributed by atoms with E-state index in [0.29, 0.717) is 5.56 Å². The molecule has 2 heterocycles. The summed E-state index contributed by atoms with van der Waals surface area (Å²) in [4.78, 5) is 5.35. The SMILES string of the molecule is CC(C)c1cc(-c2ccccc2)cc(C(C)C)c1-n1c(-c2cccc3c2oc2cc4c(ccc5cccc(C#N)c54)cc23)nc2ccccc21. The lowest BCUT2D eigenvalue weighted by molar-refractivity contribution is 0.670. The van der Waals surface area contributed by atoms with Gasteiger partial charge >= 0.3 is 0 Å². The molecule has 0 fully saturated rings. The van der Waals surface area contributed by atoms with Crippen LogP contribution in [0.5, 0.6) is 0 Å². The lowest BCUT2D eigenvalue weighted by Crippen LogP contribution is -2.09. The van der Waals surface area contributed by atoms with Crippen molar-refractivity contribution in [1.82, 2.24) is 9.55 Å². The van der Waals surface area contributed by atoms with Crippen LogP contribution >= 0.6 is 0 Å². The number of hydrogen-bond donors (Lipinski definition) is 0. The molecule has 0 aliphatic carbocycles. The Hall–Kier alpha value is -6.18. The summed E-state index contributed by atoms with van der Waals surface area (Å²) in [5.74, 6) is 1.39. The van der Waals surface area contributed by atoms with Crippen LogP contribution < -0.4 is 0 Å². The van der Waals surface area contributed by atoms with E-state index >= 15 is 0 Å². The summed E-state index contributed by atoms with van der Waals surface area (Å²) < 4.78 is 9.23. The Bertz CT molecular complexity index is 2800. The van der Waals surface area contributed by atoms with Crippen molar-refractivity contribution in [3.63, 3.8) is 0 Å². The van der Waals surface area contributed by atoms with Gasteiger partial charge in [-0.3, -0.25) is 4.57 Å². The zero-order chi connectivity index (χ0) is 34.1. The van der Waals surface area contributed by atoms with E-state index in [9.17, 15) is 5.26 Å². The van der Waals surface area contributed by atoms with Crippen LogP contribution in [0.2, 0.25) is 0 Å². The first kappa shape index (κ1) is 29.9. The maximum Gasteiger partial charge on any atom is 0.149 e. The van der Waals surface area contributed by atoms with E-state index in [-0.39, 0.29) is 11.8 Å². The Kier molecular flexibility index (Phi) is 6.86. The summed E-state index contributed by atoms with van der Waals surface area (Å²) in [6.07, 6.45) is 0. The van der Waals surface area contributed by atoms with Crippen LogP contribution in [0.3, 0.4) is 0 Å². The molecule has 9 rings (SSSR count). The molecule has 9 aromatic rings. The number of fused-ring (bicyclic) bond motifs is 7. The van der Waals surface area contributed by atoms with Gasteiger partial charge in [-0.25, -0.2) is 4.98 Å². The van der Waals surface area contributed by atoms with E-state index in [0.717, 1.165) is 65.9 Å². The molecule has 4 heteroatoms. The molecule has 0 amide bonds. The minimum absolute atomic E-state index is 0.266. The number of benzene rings is 7. The fraction of sp³-hybridized carbons (Fsp3) is 0.130. The van der Waals surface area contributed by atoms with Crippen molar-refractivity contribution in [2.24, 2.45) is 0 Å². The van der Waals surface area contributed by atoms with Crippen molar-refractivity contribution >= 4 is 54.5 Å². The van der Waals surface area contributed by atoms with Crippen molar-refractivity contribution in [1.29, 1.82) is 5.26 Å². The standard InChI is InChI=1S/C46H35N3O/c1-27(2)36-23-33(29-12-6-5-7-13-29)24-37(28(3)4)44(36)49-41-19-9-8-18-40(41)48-46(49)35-17-11-16-34-39-22-31-21-20-30-14-10-15-32(26-47)43(30)38(31)25-42(39)50-45(34)35/h5-25,27-28H,1-4H3. The predicted molar refractivity (Wildman–Crippen MR) is 207 cm³/mol. The second kappa shape index (κ2) is 11.5. The van der Waals surface area contributed by atoms with Gasteiger partial charge in [0.05, 0.1) is 33.9 Å². The van der Waals surface area contributed by atoms with Crippen LogP contribution in [0.4, 0.5) is 0 Å². The minimum Gasteiger partial charge on any atom is -0.455 e. The van der Waals surface area contributed by atoms with Gasteiger partial charge in [-0.1, -0.05) is 107 Å². The average molecular weight is 646 g/mol. The van der Waals surface area contributed by atoms with E-state index in [1.54, 1.807) is 0 Å². The molecule has 240 valence electrons. The molecule has 0 saturated heterocycles. The van der Waals surface area contributed by atoms with Crippen LogP contribution in [0.25, 0.3) is 82.7 Å². The molecular weight excluding hydrogens is 611 g/mol. The monoisotopic (exact) mass is 645 g/mol. The second-order valence-electron chi connectivity index (χ2n) is 13.9. The predicted octanol–water partition coefficient (Wildman–Crippen LogP) is 12.7. The molecule has 0 unspecified atom stereocenters. The molecule has 4 nitrogen and oxygen atoms in total. The molecule has 0 aliphatic heterocycles. The number of hydrogen-bond acceptors (Lipinski definition) is 3. The van der Waals surface area contributed by atoms with Gasteiger partial charge in [0.2, 0.25) is 0 Å². The first-order valence-corrected chi connectivity index (χ1v) is 17.3. The summed E-state index contributed by atoms with van der Waals surface area (Å²) in [5.41, 5.74) is 11.4. The van der Waals surface area contributed by atoms with Gasteiger partial charge in [0, 0.05) is 16.2 Å². The van der Waals surface area contributed by atoms with Crippen molar-refractivity contribution in [2.45, 2.75) is 39.5 Å². The van der Waals surface area contributed by atoms with Gasteiger partial charge in [-0.15, -0.1) is 0 Å². The van der Waals surface area contributed by atoms with E-state index in [4.69, 9.17) is 9.40 Å². The van der Waals surface area contributed by atoms with Crippen LogP contribution in [0.15, 0.2) is 132 Å². The third-order valence-corrected chi connectivity index (χ3v) is 10.1. The van der Waals surface area contributed by atoms with Crippen LogP contribution in [-0.4, -0.2) is 9.55 Å². The summed E-state index contributed by atoms with van der Waals surface area (Å²) >= 11 is 0. The number of imidazole rings is 1. The van der Waals surface area contributed by atoms with Crippen LogP contribution in [0, 0.1) is 11.3 Å². The van der Waals surface area contributed by atoms with Gasteiger partial charge in [0.15, 0.2) is 0 Å². The Morgan fingerprint density at radius 1 is 0.640 bits per heavy atom. The lowest BCUT2D eigenvalue weighted by atomic mass is 9.88. The van der Waals surface area contributed by atoms with E-state index in [1.165, 1.54) is 27.9 Å². The molecule has 0 spiro atoms. The Balaban J connectivity index is 1.35. The van der Waals surface area contributed by atoms with Crippen molar-refractivity contribution in [3.05, 3.63) is 144 Å². The van der Waals surface area contributed by atoms with Crippen molar-refractivity contribution in [3.8, 4) is 34.3 Å². The molecule has 0 saturated carbocycles. The number of aromatic nitrogens is 2. The highest BCUT2D eigenvalue weighted by atomic mass is 16.3. The smallest absolute Gasteiger partial charge is 0.149 e. The number of nitriles is 1. The lowest BCUT2D eigenvalue weighted by Gasteiger charge is -2.24. The maximum atomic E-state index is 9.96. The first-order chi connectivity index (χ1) is 24.4. The molecule has 50 heavy (non-hydrogen) atoms. The molecule has 0 bridgehead atoms. The summed E-state index contributed by atoms with van der Waals surface area (Å²) in [6.45, 7) is 9.12. The summed E-state index contributed by atoms with van der Waals surface area (Å²) in [5, 5.41) is 16.1. The molecule has 0 N–H and O–H groups in total. The highest BCUT2D eigenvalue weighted by molar-refractivity contribution is 6.18. The minimum atomic E-state index is 0.266. The Labute approximate surface area is 290 Å². The fourth-order valence-electron chi connectivity index (χ4n) is 7.72. The van der Waals surface area contributed by atoms with Gasteiger partial charge in [0.1, 0.15) is 17.0 Å². The van der Waals surface area contributed by atoms with Gasteiger partial charge in [0.25, 0.3) is 0 Å². The summed E-state index contributed by atoms with van der Waals surface area (Å²) in [7, 11) is 0. The normalized spacial score (nSPS) is 11.9. The molecule has 7 aromatic carbocycles.